The van der Waals surface area contributed by atoms with Crippen molar-refractivity contribution in [1.29, 1.82) is 0 Å². The minimum atomic E-state index is -0.449. The molecule has 1 aliphatic heterocycles. The number of rotatable bonds is 4. The van der Waals surface area contributed by atoms with Crippen LogP contribution in [0.1, 0.15) is 24.8 Å². The highest BCUT2D eigenvalue weighted by molar-refractivity contribution is 6.06. The zero-order valence-electron chi connectivity index (χ0n) is 15.4. The van der Waals surface area contributed by atoms with Crippen LogP contribution in [0.25, 0.3) is 11.0 Å². The molecule has 1 aliphatic carbocycles. The lowest BCUT2D eigenvalue weighted by Gasteiger charge is -2.14. The smallest absolute Gasteiger partial charge is 0.336 e. The first-order chi connectivity index (χ1) is 13.4. The van der Waals surface area contributed by atoms with Crippen LogP contribution in [0.15, 0.2) is 45.6 Å². The molecule has 1 saturated heterocycles. The van der Waals surface area contributed by atoms with Gasteiger partial charge in [-0.25, -0.2) is 4.79 Å². The largest absolute Gasteiger partial charge is 0.423 e. The van der Waals surface area contributed by atoms with Gasteiger partial charge < -0.3 is 9.73 Å². The molecule has 0 unspecified atom stereocenters. The van der Waals surface area contributed by atoms with E-state index in [1.54, 1.807) is 18.2 Å². The summed E-state index contributed by atoms with van der Waals surface area (Å²) in [5, 5.41) is 3.52. The lowest BCUT2D eigenvalue weighted by molar-refractivity contribution is -0.140. The topological polar surface area (TPSA) is 96.7 Å². The van der Waals surface area contributed by atoms with Gasteiger partial charge in [-0.3, -0.25) is 19.3 Å². The number of anilines is 1. The Labute approximate surface area is 161 Å². The van der Waals surface area contributed by atoms with Crippen molar-refractivity contribution in [2.24, 2.45) is 11.8 Å². The fourth-order valence-corrected chi connectivity index (χ4v) is 3.93. The van der Waals surface area contributed by atoms with Crippen LogP contribution in [0.3, 0.4) is 0 Å². The molecule has 144 valence electrons. The van der Waals surface area contributed by atoms with Gasteiger partial charge in [0.1, 0.15) is 5.58 Å². The van der Waals surface area contributed by atoms with Gasteiger partial charge in [-0.2, -0.15) is 0 Å². The van der Waals surface area contributed by atoms with Crippen LogP contribution in [0.4, 0.5) is 5.69 Å². The fourth-order valence-electron chi connectivity index (χ4n) is 3.93. The number of nitrogens with one attached hydrogen (secondary N) is 1. The summed E-state index contributed by atoms with van der Waals surface area (Å²) in [4.78, 5) is 49.9. The van der Waals surface area contributed by atoms with Crippen molar-refractivity contribution in [3.05, 3.63) is 52.4 Å². The van der Waals surface area contributed by atoms with Crippen LogP contribution in [0, 0.1) is 18.8 Å². The molecule has 2 atom stereocenters. The number of nitrogens with zero attached hydrogens (tertiary/aromatic N) is 1. The predicted molar refractivity (Wildman–Crippen MR) is 103 cm³/mol. The summed E-state index contributed by atoms with van der Waals surface area (Å²) < 4.78 is 5.18. The molecule has 3 amide bonds. The molecule has 7 nitrogen and oxygen atoms in total. The number of allylic oxidation sites excluding steroid dienone is 2. The Morgan fingerprint density at radius 3 is 2.46 bits per heavy atom. The van der Waals surface area contributed by atoms with Crippen molar-refractivity contribution >= 4 is 34.4 Å². The summed E-state index contributed by atoms with van der Waals surface area (Å²) in [5.41, 5.74) is 1.23. The molecule has 0 spiro atoms. The van der Waals surface area contributed by atoms with Gasteiger partial charge in [0, 0.05) is 36.2 Å². The standard InChI is InChI=1S/C21H20N2O5/c1-12-10-19(25)28-17-11-13(6-7-14(12)17)22-18(24)8-9-23-20(26)15-4-2-3-5-16(15)21(23)27/h2-3,6-7,10-11,15-16H,4-5,8-9H2,1H3,(H,22,24)/t15-,16-/m0/s1. The lowest BCUT2D eigenvalue weighted by Crippen LogP contribution is -2.34. The number of hydrogen-bond acceptors (Lipinski definition) is 5. The predicted octanol–water partition coefficient (Wildman–Crippen LogP) is 2.38. The molecule has 7 heteroatoms. The maximum absolute atomic E-state index is 12.4. The number of carbonyl (C=O) groups is 3. The maximum Gasteiger partial charge on any atom is 0.336 e. The van der Waals surface area contributed by atoms with Crippen LogP contribution in [-0.4, -0.2) is 29.2 Å². The lowest BCUT2D eigenvalue weighted by atomic mass is 9.85. The summed E-state index contributed by atoms with van der Waals surface area (Å²) in [6, 6.07) is 6.50. The average molecular weight is 380 g/mol. The van der Waals surface area contributed by atoms with Crippen LogP contribution < -0.4 is 10.9 Å². The quantitative estimate of drug-likeness (QED) is 0.499. The van der Waals surface area contributed by atoms with E-state index in [2.05, 4.69) is 5.32 Å². The Morgan fingerprint density at radius 2 is 1.79 bits per heavy atom. The number of aryl methyl sites for hydroxylation is 1. The third-order valence-corrected chi connectivity index (χ3v) is 5.40. The fraction of sp³-hybridized carbons (Fsp3) is 0.333. The highest BCUT2D eigenvalue weighted by Crippen LogP contribution is 2.35. The molecule has 1 fully saturated rings. The zero-order chi connectivity index (χ0) is 19.8. The van der Waals surface area contributed by atoms with Gasteiger partial charge in [0.2, 0.25) is 17.7 Å². The Balaban J connectivity index is 1.41. The summed E-state index contributed by atoms with van der Waals surface area (Å²) in [7, 11) is 0. The Kier molecular flexibility index (Phi) is 4.58. The molecule has 2 aromatic rings. The Hall–Kier alpha value is -3.22. The molecule has 1 aromatic carbocycles. The molecular weight excluding hydrogens is 360 g/mol. The van der Waals surface area contributed by atoms with Crippen molar-refractivity contribution in [3.8, 4) is 0 Å². The van der Waals surface area contributed by atoms with E-state index in [1.807, 2.05) is 19.1 Å². The molecule has 1 aromatic heterocycles. The first-order valence-corrected chi connectivity index (χ1v) is 9.28. The van der Waals surface area contributed by atoms with E-state index in [0.29, 0.717) is 24.1 Å². The van der Waals surface area contributed by atoms with E-state index in [1.165, 1.54) is 11.0 Å². The maximum atomic E-state index is 12.4. The van der Waals surface area contributed by atoms with Crippen molar-refractivity contribution in [1.82, 2.24) is 4.90 Å². The summed E-state index contributed by atoms with van der Waals surface area (Å²) in [5.74, 6) is -1.26. The Morgan fingerprint density at radius 1 is 1.11 bits per heavy atom. The van der Waals surface area contributed by atoms with Gasteiger partial charge >= 0.3 is 5.63 Å². The summed E-state index contributed by atoms with van der Waals surface area (Å²) >= 11 is 0. The van der Waals surface area contributed by atoms with E-state index < -0.39 is 5.63 Å². The third kappa shape index (κ3) is 3.24. The summed E-state index contributed by atoms with van der Waals surface area (Å²) in [6.07, 6.45) is 5.05. The molecule has 4 rings (SSSR count). The van der Waals surface area contributed by atoms with Gasteiger partial charge in [-0.1, -0.05) is 12.2 Å². The number of amides is 3. The van der Waals surface area contributed by atoms with Gasteiger partial charge in [0.15, 0.2) is 0 Å². The van der Waals surface area contributed by atoms with Crippen molar-refractivity contribution in [2.75, 3.05) is 11.9 Å². The molecule has 0 radical (unpaired) electrons. The average Bonchev–Trinajstić information content (AvgIpc) is 2.90. The first-order valence-electron chi connectivity index (χ1n) is 9.28. The highest BCUT2D eigenvalue weighted by atomic mass is 16.4. The second-order valence-corrected chi connectivity index (χ2v) is 7.24. The highest BCUT2D eigenvalue weighted by Gasteiger charge is 2.46. The van der Waals surface area contributed by atoms with Gasteiger partial charge in [-0.15, -0.1) is 0 Å². The summed E-state index contributed by atoms with van der Waals surface area (Å²) in [6.45, 7) is 1.88. The van der Waals surface area contributed by atoms with E-state index in [0.717, 1.165) is 10.9 Å². The first kappa shape index (κ1) is 18.2. The van der Waals surface area contributed by atoms with E-state index >= 15 is 0 Å². The minimum absolute atomic E-state index is 0.0140. The number of imide groups is 1. The number of benzene rings is 1. The van der Waals surface area contributed by atoms with Crippen LogP contribution >= 0.6 is 0 Å². The third-order valence-electron chi connectivity index (χ3n) is 5.40. The second kappa shape index (κ2) is 7.07. The molecule has 0 saturated carbocycles. The van der Waals surface area contributed by atoms with E-state index in [-0.39, 0.29) is 42.5 Å². The number of fused-ring (bicyclic) bond motifs is 2. The Bertz CT molecular complexity index is 1040. The van der Waals surface area contributed by atoms with Gasteiger partial charge in [0.05, 0.1) is 11.8 Å². The number of carbonyl (C=O) groups excluding carboxylic acids is 3. The van der Waals surface area contributed by atoms with Crippen LogP contribution in [0.2, 0.25) is 0 Å². The molecule has 0 bridgehead atoms. The van der Waals surface area contributed by atoms with E-state index in [4.69, 9.17) is 4.42 Å². The molecule has 2 aliphatic rings. The monoisotopic (exact) mass is 380 g/mol. The van der Waals surface area contributed by atoms with E-state index in [9.17, 15) is 19.2 Å². The van der Waals surface area contributed by atoms with Crippen molar-refractivity contribution < 1.29 is 18.8 Å². The normalized spacial score (nSPS) is 21.2. The van der Waals surface area contributed by atoms with Crippen molar-refractivity contribution in [3.63, 3.8) is 0 Å². The molecule has 1 N–H and O–H groups in total. The van der Waals surface area contributed by atoms with Crippen LogP contribution in [0.5, 0.6) is 0 Å². The molecular formula is C21H20N2O5. The van der Waals surface area contributed by atoms with Gasteiger partial charge in [0.25, 0.3) is 0 Å². The SMILES string of the molecule is Cc1cc(=O)oc2cc(NC(=O)CCN3C(=O)[C@H]4CC=CC[C@@H]4C3=O)ccc12. The second-order valence-electron chi connectivity index (χ2n) is 7.24. The van der Waals surface area contributed by atoms with Gasteiger partial charge in [-0.05, 0) is 37.5 Å². The number of likely N-dealkylation sites (tertiary alicyclic amines) is 1. The van der Waals surface area contributed by atoms with Crippen LogP contribution in [-0.2, 0) is 14.4 Å². The zero-order valence-corrected chi connectivity index (χ0v) is 15.4. The minimum Gasteiger partial charge on any atom is -0.423 e. The van der Waals surface area contributed by atoms with Crippen molar-refractivity contribution in [2.45, 2.75) is 26.2 Å². The number of hydrogen-bond donors (Lipinski definition) is 1. The molecule has 2 heterocycles. The molecule has 28 heavy (non-hydrogen) atoms.